The molecule has 0 atom stereocenters. The summed E-state index contributed by atoms with van der Waals surface area (Å²) in [6.07, 6.45) is 1.79. The SMILES string of the molecule is CCNc1cc(Nc2ccc(I)cc2Br)ccn1. The highest BCUT2D eigenvalue weighted by molar-refractivity contribution is 14.1. The van der Waals surface area contributed by atoms with E-state index in [1.165, 1.54) is 3.57 Å². The van der Waals surface area contributed by atoms with Crippen LogP contribution in [0.15, 0.2) is 41.0 Å². The Morgan fingerprint density at radius 2 is 2.11 bits per heavy atom. The van der Waals surface area contributed by atoms with Crippen LogP contribution in [0, 0.1) is 3.57 Å². The second-order valence-corrected chi connectivity index (χ2v) is 5.81. The van der Waals surface area contributed by atoms with Crippen molar-refractivity contribution in [1.29, 1.82) is 0 Å². The van der Waals surface area contributed by atoms with Gasteiger partial charge in [-0.05, 0) is 69.7 Å². The van der Waals surface area contributed by atoms with E-state index in [1.54, 1.807) is 6.20 Å². The molecule has 0 amide bonds. The van der Waals surface area contributed by atoms with Crippen LogP contribution in [0.5, 0.6) is 0 Å². The Labute approximate surface area is 129 Å². The van der Waals surface area contributed by atoms with Crippen LogP contribution in [-0.2, 0) is 0 Å². The molecule has 0 aliphatic rings. The Balaban J connectivity index is 2.20. The molecule has 2 N–H and O–H groups in total. The number of nitrogens with zero attached hydrogens (tertiary/aromatic N) is 1. The van der Waals surface area contributed by atoms with Crippen molar-refractivity contribution >= 4 is 55.7 Å². The van der Waals surface area contributed by atoms with Crippen molar-refractivity contribution in [3.63, 3.8) is 0 Å². The van der Waals surface area contributed by atoms with Gasteiger partial charge in [-0.2, -0.15) is 0 Å². The minimum absolute atomic E-state index is 0.865. The van der Waals surface area contributed by atoms with Gasteiger partial charge in [0.15, 0.2) is 0 Å². The fourth-order valence-corrected chi connectivity index (χ4v) is 2.93. The molecule has 1 aromatic heterocycles. The predicted molar refractivity (Wildman–Crippen MR) is 88.5 cm³/mol. The largest absolute Gasteiger partial charge is 0.370 e. The summed E-state index contributed by atoms with van der Waals surface area (Å²) in [6.45, 7) is 2.92. The molecule has 0 spiro atoms. The van der Waals surface area contributed by atoms with E-state index >= 15 is 0 Å². The fourth-order valence-electron chi connectivity index (χ4n) is 1.53. The molecule has 0 aliphatic carbocycles. The zero-order valence-electron chi connectivity index (χ0n) is 9.87. The predicted octanol–water partition coefficient (Wildman–Crippen LogP) is 4.62. The summed E-state index contributed by atoms with van der Waals surface area (Å²) in [5.41, 5.74) is 2.06. The van der Waals surface area contributed by atoms with Crippen LogP contribution in [0.2, 0.25) is 0 Å². The van der Waals surface area contributed by atoms with E-state index in [1.807, 2.05) is 12.1 Å². The van der Waals surface area contributed by atoms with Crippen molar-refractivity contribution in [3.8, 4) is 0 Å². The fraction of sp³-hybridized carbons (Fsp3) is 0.154. The van der Waals surface area contributed by atoms with Crippen molar-refractivity contribution in [2.45, 2.75) is 6.92 Å². The maximum atomic E-state index is 4.24. The first-order valence-electron chi connectivity index (χ1n) is 5.61. The van der Waals surface area contributed by atoms with Gasteiger partial charge in [-0.3, -0.25) is 0 Å². The normalized spacial score (nSPS) is 10.2. The maximum Gasteiger partial charge on any atom is 0.127 e. The number of hydrogen-bond acceptors (Lipinski definition) is 3. The van der Waals surface area contributed by atoms with Gasteiger partial charge in [-0.1, -0.05) is 0 Å². The van der Waals surface area contributed by atoms with Gasteiger partial charge in [0, 0.05) is 32.5 Å². The number of rotatable bonds is 4. The maximum absolute atomic E-state index is 4.24. The Morgan fingerprint density at radius 1 is 1.28 bits per heavy atom. The molecule has 0 aliphatic heterocycles. The van der Waals surface area contributed by atoms with Crippen LogP contribution in [0.4, 0.5) is 17.2 Å². The monoisotopic (exact) mass is 417 g/mol. The summed E-state index contributed by atoms with van der Waals surface area (Å²) in [5.74, 6) is 0.879. The molecular formula is C13H13BrIN3. The van der Waals surface area contributed by atoms with Gasteiger partial charge in [0.05, 0.1) is 5.69 Å². The second kappa shape index (κ2) is 6.38. The van der Waals surface area contributed by atoms with Crippen LogP contribution in [0.3, 0.4) is 0 Å². The highest BCUT2D eigenvalue weighted by Gasteiger charge is 2.02. The zero-order valence-corrected chi connectivity index (χ0v) is 13.6. The smallest absolute Gasteiger partial charge is 0.127 e. The van der Waals surface area contributed by atoms with Crippen molar-refractivity contribution in [2.75, 3.05) is 17.2 Å². The minimum Gasteiger partial charge on any atom is -0.370 e. The summed E-state index contributed by atoms with van der Waals surface area (Å²) < 4.78 is 2.25. The topological polar surface area (TPSA) is 37.0 Å². The van der Waals surface area contributed by atoms with E-state index < -0.39 is 0 Å². The number of benzene rings is 1. The van der Waals surface area contributed by atoms with E-state index in [2.05, 4.69) is 79.3 Å². The molecule has 18 heavy (non-hydrogen) atoms. The molecule has 0 saturated carbocycles. The lowest BCUT2D eigenvalue weighted by molar-refractivity contribution is 1.16. The molecule has 3 nitrogen and oxygen atoms in total. The Bertz CT molecular complexity index is 546. The molecule has 5 heteroatoms. The highest BCUT2D eigenvalue weighted by Crippen LogP contribution is 2.27. The van der Waals surface area contributed by atoms with Crippen LogP contribution >= 0.6 is 38.5 Å². The Hall–Kier alpha value is -0.820. The van der Waals surface area contributed by atoms with Crippen LogP contribution in [-0.4, -0.2) is 11.5 Å². The minimum atomic E-state index is 0.865. The standard InChI is InChI=1S/C13H13BrIN3/c1-2-16-13-8-10(5-6-17-13)18-12-4-3-9(15)7-11(12)14/h3-8H,2H2,1H3,(H2,16,17,18). The molecule has 0 unspecified atom stereocenters. The summed E-state index contributed by atoms with van der Waals surface area (Å²) in [7, 11) is 0. The van der Waals surface area contributed by atoms with E-state index in [0.717, 1.165) is 28.2 Å². The molecule has 94 valence electrons. The van der Waals surface area contributed by atoms with E-state index in [-0.39, 0.29) is 0 Å². The van der Waals surface area contributed by atoms with Gasteiger partial charge in [-0.25, -0.2) is 4.98 Å². The van der Waals surface area contributed by atoms with Gasteiger partial charge < -0.3 is 10.6 Å². The van der Waals surface area contributed by atoms with Gasteiger partial charge >= 0.3 is 0 Å². The molecule has 1 aromatic carbocycles. The first kappa shape index (κ1) is 13.6. The lowest BCUT2D eigenvalue weighted by atomic mass is 10.3. The first-order valence-corrected chi connectivity index (χ1v) is 7.48. The summed E-state index contributed by atoms with van der Waals surface area (Å²) >= 11 is 5.85. The number of hydrogen-bond donors (Lipinski definition) is 2. The van der Waals surface area contributed by atoms with Crippen LogP contribution in [0.1, 0.15) is 6.92 Å². The van der Waals surface area contributed by atoms with Gasteiger partial charge in [-0.15, -0.1) is 0 Å². The number of pyridine rings is 1. The summed E-state index contributed by atoms with van der Waals surface area (Å²) in [5, 5.41) is 6.56. The van der Waals surface area contributed by atoms with Crippen LogP contribution in [0.25, 0.3) is 0 Å². The van der Waals surface area contributed by atoms with Crippen molar-refractivity contribution in [2.24, 2.45) is 0 Å². The molecular weight excluding hydrogens is 405 g/mol. The van der Waals surface area contributed by atoms with E-state index in [9.17, 15) is 0 Å². The molecule has 0 saturated heterocycles. The average Bonchev–Trinajstić information content (AvgIpc) is 2.34. The molecule has 2 rings (SSSR count). The number of aromatic nitrogens is 1. The summed E-state index contributed by atoms with van der Waals surface area (Å²) in [6, 6.07) is 10.1. The quantitative estimate of drug-likeness (QED) is 0.712. The Morgan fingerprint density at radius 3 is 2.83 bits per heavy atom. The van der Waals surface area contributed by atoms with Crippen molar-refractivity contribution < 1.29 is 0 Å². The second-order valence-electron chi connectivity index (χ2n) is 3.71. The van der Waals surface area contributed by atoms with Crippen LogP contribution < -0.4 is 10.6 Å². The molecule has 0 bridgehead atoms. The van der Waals surface area contributed by atoms with Gasteiger partial charge in [0.2, 0.25) is 0 Å². The van der Waals surface area contributed by atoms with Crippen molar-refractivity contribution in [1.82, 2.24) is 4.98 Å². The third-order valence-electron chi connectivity index (χ3n) is 2.33. The number of halogens is 2. The first-order chi connectivity index (χ1) is 8.69. The number of anilines is 3. The third-order valence-corrected chi connectivity index (χ3v) is 3.66. The van der Waals surface area contributed by atoms with Gasteiger partial charge in [0.25, 0.3) is 0 Å². The van der Waals surface area contributed by atoms with Gasteiger partial charge in [0.1, 0.15) is 5.82 Å². The van der Waals surface area contributed by atoms with E-state index in [0.29, 0.717) is 0 Å². The third kappa shape index (κ3) is 3.58. The Kier molecular flexibility index (Phi) is 4.82. The highest BCUT2D eigenvalue weighted by atomic mass is 127. The number of nitrogens with one attached hydrogen (secondary N) is 2. The average molecular weight is 418 g/mol. The molecule has 0 fully saturated rings. The van der Waals surface area contributed by atoms with Crippen molar-refractivity contribution in [3.05, 3.63) is 44.6 Å². The summed E-state index contributed by atoms with van der Waals surface area (Å²) in [4.78, 5) is 4.24. The molecule has 0 radical (unpaired) electrons. The lowest BCUT2D eigenvalue weighted by Gasteiger charge is -2.10. The zero-order chi connectivity index (χ0) is 13.0. The lowest BCUT2D eigenvalue weighted by Crippen LogP contribution is -2.00. The van der Waals surface area contributed by atoms with E-state index in [4.69, 9.17) is 0 Å². The molecule has 2 aromatic rings. The molecule has 1 heterocycles.